The molecule has 0 aliphatic rings. The van der Waals surface area contributed by atoms with Crippen molar-refractivity contribution in [3.8, 4) is 0 Å². The third-order valence-corrected chi connectivity index (χ3v) is 5.21. The van der Waals surface area contributed by atoms with Crippen molar-refractivity contribution < 1.29 is 13.2 Å². The Labute approximate surface area is 152 Å². The second-order valence-corrected chi connectivity index (χ2v) is 7.71. The first-order valence-corrected chi connectivity index (χ1v) is 9.91. The fourth-order valence-corrected chi connectivity index (χ4v) is 3.38. The Balaban J connectivity index is 1.46. The van der Waals surface area contributed by atoms with E-state index in [0.717, 1.165) is 22.0 Å². The minimum absolute atomic E-state index is 0.00330. The molecule has 0 fully saturated rings. The predicted molar refractivity (Wildman–Crippen MR) is 101 cm³/mol. The molecule has 1 aromatic heterocycles. The third kappa shape index (κ3) is 4.50. The van der Waals surface area contributed by atoms with Gasteiger partial charge in [-0.25, -0.2) is 13.6 Å². The first-order valence-electron chi connectivity index (χ1n) is 8.37. The number of nitrogens with one attached hydrogen (secondary N) is 2. The maximum absolute atomic E-state index is 12.0. The van der Waals surface area contributed by atoms with Gasteiger partial charge in [-0.3, -0.25) is 4.79 Å². The number of rotatable bonds is 7. The maximum atomic E-state index is 12.0. The molecule has 1 amide bonds. The number of carbonyl (C=O) groups excluding carboxylic acids is 1. The highest BCUT2D eigenvalue weighted by Crippen LogP contribution is 2.18. The van der Waals surface area contributed by atoms with Gasteiger partial charge < -0.3 is 10.3 Å². The number of H-pyrrole nitrogens is 1. The Bertz CT molecular complexity index is 1010. The normalized spacial score (nSPS) is 11.6. The standard InChI is InChI=1S/C19H21N3O3S/c20-26(24,25)16-8-5-14(6-9-16)11-12-21-19(23)10-7-15-13-22-18-4-2-1-3-17(15)18/h1-6,8-9,13,22H,7,10-12H2,(H,21,23)(H2,20,24,25). The lowest BCUT2D eigenvalue weighted by Gasteiger charge is -2.06. The lowest BCUT2D eigenvalue weighted by atomic mass is 10.1. The minimum atomic E-state index is -3.67. The van der Waals surface area contributed by atoms with E-state index < -0.39 is 10.0 Å². The van der Waals surface area contributed by atoms with Crippen LogP contribution in [0.25, 0.3) is 10.9 Å². The minimum Gasteiger partial charge on any atom is -0.361 e. The molecule has 2 aromatic carbocycles. The van der Waals surface area contributed by atoms with Crippen LogP contribution in [-0.2, 0) is 27.7 Å². The van der Waals surface area contributed by atoms with Crippen LogP contribution in [0.5, 0.6) is 0 Å². The average Bonchev–Trinajstić information content (AvgIpc) is 3.03. The summed E-state index contributed by atoms with van der Waals surface area (Å²) in [5.74, 6) is -0.00330. The van der Waals surface area contributed by atoms with Crippen LogP contribution in [-0.4, -0.2) is 25.9 Å². The van der Waals surface area contributed by atoms with Gasteiger partial charge in [-0.2, -0.15) is 0 Å². The van der Waals surface area contributed by atoms with E-state index in [2.05, 4.69) is 10.3 Å². The highest BCUT2D eigenvalue weighted by Gasteiger charge is 2.08. The Hall–Kier alpha value is -2.64. The number of fused-ring (bicyclic) bond motifs is 1. The van der Waals surface area contributed by atoms with E-state index in [-0.39, 0.29) is 10.8 Å². The second-order valence-electron chi connectivity index (χ2n) is 6.15. The zero-order valence-corrected chi connectivity index (χ0v) is 15.1. The molecule has 0 spiro atoms. The number of primary sulfonamides is 1. The highest BCUT2D eigenvalue weighted by molar-refractivity contribution is 7.89. The molecular weight excluding hydrogens is 350 g/mol. The summed E-state index contributed by atoms with van der Waals surface area (Å²) in [7, 11) is -3.67. The largest absolute Gasteiger partial charge is 0.361 e. The first kappa shape index (κ1) is 18.2. The van der Waals surface area contributed by atoms with Crippen LogP contribution in [0.1, 0.15) is 17.5 Å². The lowest BCUT2D eigenvalue weighted by Crippen LogP contribution is -2.25. The van der Waals surface area contributed by atoms with Gasteiger partial charge in [-0.15, -0.1) is 0 Å². The molecule has 26 heavy (non-hydrogen) atoms. The molecular formula is C19H21N3O3S. The van der Waals surface area contributed by atoms with Crippen molar-refractivity contribution in [1.82, 2.24) is 10.3 Å². The van der Waals surface area contributed by atoms with Gasteiger partial charge in [0.1, 0.15) is 0 Å². The lowest BCUT2D eigenvalue weighted by molar-refractivity contribution is -0.121. The number of para-hydroxylation sites is 1. The summed E-state index contributed by atoms with van der Waals surface area (Å²) in [6, 6.07) is 14.4. The summed E-state index contributed by atoms with van der Waals surface area (Å²) < 4.78 is 22.4. The number of aromatic nitrogens is 1. The van der Waals surface area contributed by atoms with E-state index in [1.807, 2.05) is 30.5 Å². The van der Waals surface area contributed by atoms with E-state index in [4.69, 9.17) is 5.14 Å². The number of benzene rings is 2. The van der Waals surface area contributed by atoms with E-state index in [0.29, 0.717) is 25.8 Å². The summed E-state index contributed by atoms with van der Waals surface area (Å²) >= 11 is 0. The van der Waals surface area contributed by atoms with Crippen LogP contribution < -0.4 is 10.5 Å². The number of aryl methyl sites for hydroxylation is 1. The van der Waals surface area contributed by atoms with Crippen LogP contribution in [0.3, 0.4) is 0 Å². The number of carbonyl (C=O) groups is 1. The second kappa shape index (κ2) is 7.72. The maximum Gasteiger partial charge on any atom is 0.238 e. The molecule has 6 nitrogen and oxygen atoms in total. The number of hydrogen-bond donors (Lipinski definition) is 3. The molecule has 0 atom stereocenters. The van der Waals surface area contributed by atoms with Gasteiger partial charge in [0.25, 0.3) is 0 Å². The zero-order chi connectivity index (χ0) is 18.6. The van der Waals surface area contributed by atoms with Gasteiger partial charge in [0.2, 0.25) is 15.9 Å². The van der Waals surface area contributed by atoms with Crippen LogP contribution in [0, 0.1) is 0 Å². The quantitative estimate of drug-likeness (QED) is 0.592. The van der Waals surface area contributed by atoms with Gasteiger partial charge >= 0.3 is 0 Å². The number of nitrogens with two attached hydrogens (primary N) is 1. The summed E-state index contributed by atoms with van der Waals surface area (Å²) in [6.45, 7) is 0.501. The van der Waals surface area contributed by atoms with Crippen LogP contribution in [0.4, 0.5) is 0 Å². The Morgan fingerprint density at radius 3 is 2.50 bits per heavy atom. The number of aromatic amines is 1. The third-order valence-electron chi connectivity index (χ3n) is 4.28. The highest BCUT2D eigenvalue weighted by atomic mass is 32.2. The molecule has 0 unspecified atom stereocenters. The van der Waals surface area contributed by atoms with Gasteiger partial charge in [0.15, 0.2) is 0 Å². The summed E-state index contributed by atoms with van der Waals surface area (Å²) in [5.41, 5.74) is 3.15. The van der Waals surface area contributed by atoms with Gasteiger partial charge in [0.05, 0.1) is 4.90 Å². The molecule has 3 rings (SSSR count). The summed E-state index contributed by atoms with van der Waals surface area (Å²) in [5, 5.41) is 9.11. The molecule has 7 heteroatoms. The monoisotopic (exact) mass is 371 g/mol. The molecule has 0 saturated heterocycles. The summed E-state index contributed by atoms with van der Waals surface area (Å²) in [4.78, 5) is 15.3. The fourth-order valence-electron chi connectivity index (χ4n) is 2.87. The van der Waals surface area contributed by atoms with Crippen LogP contribution in [0.2, 0.25) is 0 Å². The van der Waals surface area contributed by atoms with Crippen molar-refractivity contribution in [3.63, 3.8) is 0 Å². The summed E-state index contributed by atoms with van der Waals surface area (Å²) in [6.07, 6.45) is 3.68. The smallest absolute Gasteiger partial charge is 0.238 e. The molecule has 0 radical (unpaired) electrons. The first-order chi connectivity index (χ1) is 12.4. The number of hydrogen-bond acceptors (Lipinski definition) is 3. The molecule has 4 N–H and O–H groups in total. The molecule has 0 aliphatic heterocycles. The topological polar surface area (TPSA) is 105 Å². The van der Waals surface area contributed by atoms with Gasteiger partial charge in [-0.05, 0) is 42.2 Å². The predicted octanol–water partition coefficient (Wildman–Crippen LogP) is 2.11. The molecule has 1 heterocycles. The van der Waals surface area contributed by atoms with Crippen LogP contribution >= 0.6 is 0 Å². The fraction of sp³-hybridized carbons (Fsp3) is 0.211. The molecule has 0 saturated carbocycles. The van der Waals surface area contributed by atoms with Crippen molar-refractivity contribution in [2.24, 2.45) is 5.14 Å². The molecule has 0 aliphatic carbocycles. The molecule has 136 valence electrons. The van der Waals surface area contributed by atoms with Crippen molar-refractivity contribution in [2.45, 2.75) is 24.2 Å². The van der Waals surface area contributed by atoms with E-state index in [1.54, 1.807) is 12.1 Å². The number of amides is 1. The van der Waals surface area contributed by atoms with Crippen LogP contribution in [0.15, 0.2) is 59.6 Å². The number of sulfonamides is 1. The van der Waals surface area contributed by atoms with E-state index in [1.165, 1.54) is 12.1 Å². The van der Waals surface area contributed by atoms with Crippen molar-refractivity contribution in [1.29, 1.82) is 0 Å². The molecule has 0 bridgehead atoms. The van der Waals surface area contributed by atoms with E-state index >= 15 is 0 Å². The van der Waals surface area contributed by atoms with Gasteiger partial charge in [-0.1, -0.05) is 30.3 Å². The van der Waals surface area contributed by atoms with Crippen molar-refractivity contribution >= 4 is 26.8 Å². The van der Waals surface area contributed by atoms with E-state index in [9.17, 15) is 13.2 Å². The Kier molecular flexibility index (Phi) is 5.39. The average molecular weight is 371 g/mol. The molecule has 3 aromatic rings. The van der Waals surface area contributed by atoms with Crippen molar-refractivity contribution in [3.05, 3.63) is 65.9 Å². The SMILES string of the molecule is NS(=O)(=O)c1ccc(CCNC(=O)CCc2c[nH]c3ccccc23)cc1. The van der Waals surface area contributed by atoms with Gasteiger partial charge in [0, 0.05) is 30.1 Å². The zero-order valence-electron chi connectivity index (χ0n) is 14.2. The Morgan fingerprint density at radius 1 is 1.04 bits per heavy atom. The van der Waals surface area contributed by atoms with Crippen molar-refractivity contribution in [2.75, 3.05) is 6.54 Å². The Morgan fingerprint density at radius 2 is 1.77 bits per heavy atom.